The van der Waals surface area contributed by atoms with Crippen LogP contribution in [0.3, 0.4) is 0 Å². The predicted octanol–water partition coefficient (Wildman–Crippen LogP) is 2.31. The molecule has 3 rings (SSSR count). The summed E-state index contributed by atoms with van der Waals surface area (Å²) in [5.41, 5.74) is 1.81. The second kappa shape index (κ2) is 8.29. The van der Waals surface area contributed by atoms with Crippen molar-refractivity contribution in [2.45, 2.75) is 57.9 Å². The molecule has 1 aliphatic heterocycles. The maximum atomic E-state index is 12.2. The molecule has 0 radical (unpaired) electrons. The van der Waals surface area contributed by atoms with Crippen LogP contribution in [-0.4, -0.2) is 38.6 Å². The van der Waals surface area contributed by atoms with Crippen molar-refractivity contribution in [3.63, 3.8) is 0 Å². The normalized spacial score (nSPS) is 20.1. The Morgan fingerprint density at radius 2 is 1.74 bits per heavy atom. The van der Waals surface area contributed by atoms with Gasteiger partial charge in [-0.15, -0.1) is 0 Å². The lowest BCUT2D eigenvalue weighted by atomic mass is 10.1. The molecule has 2 amide bonds. The molecule has 0 spiro atoms. The number of nitrogens with one attached hydrogen (secondary N) is 2. The summed E-state index contributed by atoms with van der Waals surface area (Å²) in [5.74, 6) is -1.15. The van der Waals surface area contributed by atoms with E-state index in [9.17, 15) is 18.0 Å². The summed E-state index contributed by atoms with van der Waals surface area (Å²) in [7, 11) is -3.24. The molecule has 0 atom stereocenters. The van der Waals surface area contributed by atoms with Gasteiger partial charge in [-0.1, -0.05) is 25.7 Å². The average molecular weight is 394 g/mol. The van der Waals surface area contributed by atoms with E-state index in [0.29, 0.717) is 29.9 Å². The fourth-order valence-corrected chi connectivity index (χ4v) is 5.28. The van der Waals surface area contributed by atoms with Gasteiger partial charge in [0.15, 0.2) is 0 Å². The summed E-state index contributed by atoms with van der Waals surface area (Å²) in [6.45, 7) is 2.25. The third-order valence-electron chi connectivity index (χ3n) is 5.24. The maximum absolute atomic E-state index is 12.2. The smallest absolute Gasteiger partial charge is 0.313 e. The fraction of sp³-hybridized carbons (Fsp3) is 0.579. The van der Waals surface area contributed by atoms with Gasteiger partial charge in [0.25, 0.3) is 0 Å². The quantitative estimate of drug-likeness (QED) is 0.608. The molecule has 148 valence electrons. The number of hydrogen-bond acceptors (Lipinski definition) is 4. The van der Waals surface area contributed by atoms with Gasteiger partial charge in [-0.2, -0.15) is 0 Å². The minimum Gasteiger partial charge on any atom is -0.345 e. The van der Waals surface area contributed by atoms with Crippen LogP contribution in [0.2, 0.25) is 0 Å². The molecule has 2 N–H and O–H groups in total. The molecule has 8 heteroatoms. The number of hydrogen-bond donors (Lipinski definition) is 2. The van der Waals surface area contributed by atoms with Gasteiger partial charge >= 0.3 is 11.8 Å². The van der Waals surface area contributed by atoms with E-state index in [4.69, 9.17) is 0 Å². The van der Waals surface area contributed by atoms with E-state index in [1.165, 1.54) is 17.1 Å². The number of sulfonamides is 1. The van der Waals surface area contributed by atoms with Crippen LogP contribution in [0.15, 0.2) is 18.2 Å². The molecule has 1 aliphatic carbocycles. The predicted molar refractivity (Wildman–Crippen MR) is 105 cm³/mol. The van der Waals surface area contributed by atoms with Crippen LogP contribution in [0.5, 0.6) is 0 Å². The Morgan fingerprint density at radius 1 is 1.04 bits per heavy atom. The Hall–Kier alpha value is -2.09. The molecule has 0 aromatic heterocycles. The lowest BCUT2D eigenvalue weighted by molar-refractivity contribution is -0.136. The summed E-state index contributed by atoms with van der Waals surface area (Å²) in [4.78, 5) is 24.4. The van der Waals surface area contributed by atoms with Crippen molar-refractivity contribution in [2.75, 3.05) is 21.9 Å². The Balaban J connectivity index is 1.63. The number of benzene rings is 1. The molecule has 1 saturated carbocycles. The molecule has 1 heterocycles. The van der Waals surface area contributed by atoms with E-state index in [1.807, 2.05) is 0 Å². The van der Waals surface area contributed by atoms with Crippen molar-refractivity contribution in [2.24, 2.45) is 0 Å². The van der Waals surface area contributed by atoms with E-state index in [0.717, 1.165) is 25.7 Å². The standard InChI is InChI=1S/C19H27N3O4S/c1-14-13-16(22-11-6-12-27(22,25)26)9-10-17(14)21-19(24)18(23)20-15-7-4-2-3-5-8-15/h9-10,13,15H,2-8,11-12H2,1H3,(H,20,23)(H,21,24). The SMILES string of the molecule is Cc1cc(N2CCCS2(=O)=O)ccc1NC(=O)C(=O)NC1CCCCCC1. The molecular weight excluding hydrogens is 366 g/mol. The van der Waals surface area contributed by atoms with Gasteiger partial charge in [-0.3, -0.25) is 13.9 Å². The van der Waals surface area contributed by atoms with Crippen LogP contribution >= 0.6 is 0 Å². The van der Waals surface area contributed by atoms with E-state index in [1.54, 1.807) is 25.1 Å². The van der Waals surface area contributed by atoms with Gasteiger partial charge in [-0.25, -0.2) is 8.42 Å². The molecule has 0 bridgehead atoms. The number of nitrogens with zero attached hydrogens (tertiary/aromatic N) is 1. The zero-order valence-corrected chi connectivity index (χ0v) is 16.5. The number of amides is 2. The molecule has 1 aromatic carbocycles. The third kappa shape index (κ3) is 4.80. The molecule has 0 unspecified atom stereocenters. The minimum absolute atomic E-state index is 0.0644. The summed E-state index contributed by atoms with van der Waals surface area (Å²) in [5, 5.41) is 5.46. The first kappa shape index (κ1) is 19.7. The lowest BCUT2D eigenvalue weighted by Gasteiger charge is -2.19. The highest BCUT2D eigenvalue weighted by molar-refractivity contribution is 7.93. The maximum Gasteiger partial charge on any atom is 0.313 e. The molecule has 1 saturated heterocycles. The molecule has 2 aliphatic rings. The van der Waals surface area contributed by atoms with E-state index in [2.05, 4.69) is 10.6 Å². The van der Waals surface area contributed by atoms with Crippen molar-refractivity contribution in [1.82, 2.24) is 5.32 Å². The molecular formula is C19H27N3O4S. The van der Waals surface area contributed by atoms with Gasteiger partial charge in [0, 0.05) is 18.3 Å². The number of carbonyl (C=O) groups is 2. The number of carbonyl (C=O) groups excluding carboxylic acids is 2. The van der Waals surface area contributed by atoms with Crippen molar-refractivity contribution < 1.29 is 18.0 Å². The van der Waals surface area contributed by atoms with Crippen LogP contribution in [0.4, 0.5) is 11.4 Å². The number of aryl methyl sites for hydroxylation is 1. The largest absolute Gasteiger partial charge is 0.345 e. The van der Waals surface area contributed by atoms with Crippen LogP contribution in [0.25, 0.3) is 0 Å². The van der Waals surface area contributed by atoms with Crippen LogP contribution < -0.4 is 14.9 Å². The Morgan fingerprint density at radius 3 is 2.33 bits per heavy atom. The topological polar surface area (TPSA) is 95.6 Å². The van der Waals surface area contributed by atoms with Gasteiger partial charge in [0.2, 0.25) is 10.0 Å². The Bertz CT molecular complexity index is 814. The fourth-order valence-electron chi connectivity index (χ4n) is 3.73. The first-order valence-corrected chi connectivity index (χ1v) is 11.2. The van der Waals surface area contributed by atoms with Crippen molar-refractivity contribution >= 4 is 33.2 Å². The second-order valence-electron chi connectivity index (χ2n) is 7.36. The van der Waals surface area contributed by atoms with Gasteiger partial charge in [0.1, 0.15) is 0 Å². The summed E-state index contributed by atoms with van der Waals surface area (Å²) in [6.07, 6.45) is 6.95. The Labute approximate surface area is 160 Å². The molecule has 2 fully saturated rings. The van der Waals surface area contributed by atoms with E-state index < -0.39 is 21.8 Å². The third-order valence-corrected chi connectivity index (χ3v) is 7.11. The van der Waals surface area contributed by atoms with Crippen LogP contribution in [0.1, 0.15) is 50.5 Å². The van der Waals surface area contributed by atoms with Gasteiger partial charge in [0.05, 0.1) is 11.4 Å². The van der Waals surface area contributed by atoms with Crippen molar-refractivity contribution in [3.8, 4) is 0 Å². The lowest BCUT2D eigenvalue weighted by Crippen LogP contribution is -2.41. The second-order valence-corrected chi connectivity index (χ2v) is 9.37. The molecule has 27 heavy (non-hydrogen) atoms. The van der Waals surface area contributed by atoms with E-state index >= 15 is 0 Å². The molecule has 1 aromatic rings. The zero-order chi connectivity index (χ0) is 19.4. The number of anilines is 2. The van der Waals surface area contributed by atoms with E-state index in [-0.39, 0.29) is 11.8 Å². The minimum atomic E-state index is -3.24. The van der Waals surface area contributed by atoms with Crippen LogP contribution in [-0.2, 0) is 19.6 Å². The highest BCUT2D eigenvalue weighted by Gasteiger charge is 2.28. The average Bonchev–Trinajstić information content (AvgIpc) is 2.81. The van der Waals surface area contributed by atoms with Gasteiger partial charge < -0.3 is 10.6 Å². The first-order chi connectivity index (χ1) is 12.9. The summed E-state index contributed by atoms with van der Waals surface area (Å²) >= 11 is 0. The van der Waals surface area contributed by atoms with Crippen LogP contribution in [0, 0.1) is 6.92 Å². The van der Waals surface area contributed by atoms with Gasteiger partial charge in [-0.05, 0) is 49.9 Å². The summed E-state index contributed by atoms with van der Waals surface area (Å²) < 4.78 is 25.5. The van der Waals surface area contributed by atoms with Crippen molar-refractivity contribution in [3.05, 3.63) is 23.8 Å². The highest BCUT2D eigenvalue weighted by atomic mass is 32.2. The monoisotopic (exact) mass is 393 g/mol. The highest BCUT2D eigenvalue weighted by Crippen LogP contribution is 2.28. The zero-order valence-electron chi connectivity index (χ0n) is 15.7. The number of rotatable bonds is 3. The first-order valence-electron chi connectivity index (χ1n) is 9.60. The molecule has 7 nitrogen and oxygen atoms in total. The Kier molecular flexibility index (Phi) is 6.04. The van der Waals surface area contributed by atoms with Crippen molar-refractivity contribution in [1.29, 1.82) is 0 Å². The summed E-state index contributed by atoms with van der Waals surface area (Å²) in [6, 6.07) is 5.10.